The van der Waals surface area contributed by atoms with Gasteiger partial charge in [0.05, 0.1) is 10.9 Å². The number of hydrogen-bond acceptors (Lipinski definition) is 2. The lowest BCUT2D eigenvalue weighted by Gasteiger charge is -2.18. The van der Waals surface area contributed by atoms with E-state index in [2.05, 4.69) is 5.32 Å². The van der Waals surface area contributed by atoms with Crippen LogP contribution in [0.2, 0.25) is 0 Å². The normalized spacial score (nSPS) is 12.3. The van der Waals surface area contributed by atoms with Crippen LogP contribution in [0.15, 0.2) is 18.2 Å². The molecule has 0 bridgehead atoms. The second-order valence-corrected chi connectivity index (χ2v) is 5.06. The summed E-state index contributed by atoms with van der Waals surface area (Å²) < 4.78 is 25.7. The molecule has 3 nitrogen and oxygen atoms in total. The van der Waals surface area contributed by atoms with Crippen molar-refractivity contribution >= 4 is 23.1 Å². The Bertz CT molecular complexity index is 492. The first-order valence-corrected chi connectivity index (χ1v) is 6.24. The maximum Gasteiger partial charge on any atom is 0.230 e. The molecule has 0 spiro atoms. The number of hydrogen-bond donors (Lipinski definition) is 2. The van der Waals surface area contributed by atoms with Crippen LogP contribution in [0.3, 0.4) is 0 Å². The van der Waals surface area contributed by atoms with E-state index < -0.39 is 17.6 Å². The van der Waals surface area contributed by atoms with Crippen LogP contribution >= 0.6 is 12.2 Å². The van der Waals surface area contributed by atoms with Crippen LogP contribution < -0.4 is 11.1 Å². The second kappa shape index (κ2) is 6.56. The molecule has 0 aliphatic heterocycles. The molecule has 1 amide bonds. The molecule has 0 saturated heterocycles. The van der Waals surface area contributed by atoms with Gasteiger partial charge in [0.2, 0.25) is 5.91 Å². The summed E-state index contributed by atoms with van der Waals surface area (Å²) in [6, 6.07) is 3.47. The molecule has 1 aromatic carbocycles. The van der Waals surface area contributed by atoms with Crippen molar-refractivity contribution < 1.29 is 13.6 Å². The molecule has 0 aliphatic rings. The first kappa shape index (κ1) is 15.5. The predicted molar refractivity (Wildman–Crippen MR) is 73.3 cm³/mol. The molecule has 0 fully saturated rings. The Balaban J connectivity index is 2.67. The Labute approximate surface area is 116 Å². The van der Waals surface area contributed by atoms with E-state index >= 15 is 0 Å². The number of thiocarbonyl (C=S) groups is 1. The van der Waals surface area contributed by atoms with Gasteiger partial charge in [0.25, 0.3) is 0 Å². The molecule has 6 heteroatoms. The van der Waals surface area contributed by atoms with Crippen molar-refractivity contribution in [1.82, 2.24) is 5.32 Å². The minimum absolute atomic E-state index is 0.0255. The monoisotopic (exact) mass is 286 g/mol. The molecule has 0 saturated carbocycles. The summed E-state index contributed by atoms with van der Waals surface area (Å²) in [5.41, 5.74) is 5.98. The van der Waals surface area contributed by atoms with Gasteiger partial charge in [-0.15, -0.1) is 0 Å². The average Bonchev–Trinajstić information content (AvgIpc) is 2.29. The Morgan fingerprint density at radius 1 is 1.37 bits per heavy atom. The third kappa shape index (κ3) is 4.24. The van der Waals surface area contributed by atoms with Crippen LogP contribution in [-0.4, -0.2) is 10.9 Å². The molecule has 3 N–H and O–H groups in total. The molecular formula is C13H16F2N2OS. The zero-order chi connectivity index (χ0) is 14.6. The van der Waals surface area contributed by atoms with Crippen molar-refractivity contribution in [3.8, 4) is 0 Å². The van der Waals surface area contributed by atoms with E-state index in [4.69, 9.17) is 18.0 Å². The lowest BCUT2D eigenvalue weighted by molar-refractivity contribution is -0.124. The average molecular weight is 286 g/mol. The topological polar surface area (TPSA) is 55.1 Å². The van der Waals surface area contributed by atoms with Gasteiger partial charge < -0.3 is 11.1 Å². The molecule has 104 valence electrons. The highest BCUT2D eigenvalue weighted by molar-refractivity contribution is 7.80. The molecule has 0 heterocycles. The Morgan fingerprint density at radius 2 is 2.00 bits per heavy atom. The Hall–Kier alpha value is -1.56. The van der Waals surface area contributed by atoms with Gasteiger partial charge in [-0.05, 0) is 23.6 Å². The lowest BCUT2D eigenvalue weighted by Crippen LogP contribution is -2.40. The fraction of sp³-hybridized carbons (Fsp3) is 0.385. The van der Waals surface area contributed by atoms with E-state index in [-0.39, 0.29) is 23.4 Å². The highest BCUT2D eigenvalue weighted by atomic mass is 32.1. The van der Waals surface area contributed by atoms with E-state index in [1.54, 1.807) is 0 Å². The molecule has 0 aromatic heterocycles. The minimum Gasteiger partial charge on any atom is -0.393 e. The summed E-state index contributed by atoms with van der Waals surface area (Å²) in [6.07, 6.45) is 0. The van der Waals surface area contributed by atoms with Crippen LogP contribution in [0, 0.1) is 23.5 Å². The molecule has 1 atom stereocenters. The summed E-state index contributed by atoms with van der Waals surface area (Å²) in [5, 5.41) is 2.61. The van der Waals surface area contributed by atoms with Crippen molar-refractivity contribution in [2.75, 3.05) is 0 Å². The number of carbonyl (C=O) groups is 1. The van der Waals surface area contributed by atoms with Crippen molar-refractivity contribution in [2.24, 2.45) is 17.6 Å². The lowest BCUT2D eigenvalue weighted by atomic mass is 9.95. The van der Waals surface area contributed by atoms with Gasteiger partial charge in [-0.2, -0.15) is 0 Å². The maximum atomic E-state index is 13.0. The summed E-state index contributed by atoms with van der Waals surface area (Å²) >= 11 is 4.85. The van der Waals surface area contributed by atoms with Crippen molar-refractivity contribution in [1.29, 1.82) is 0 Å². The van der Waals surface area contributed by atoms with Gasteiger partial charge in [0.1, 0.15) is 0 Å². The number of nitrogens with one attached hydrogen (secondary N) is 1. The fourth-order valence-corrected chi connectivity index (χ4v) is 2.09. The maximum absolute atomic E-state index is 13.0. The molecule has 19 heavy (non-hydrogen) atoms. The first-order chi connectivity index (χ1) is 8.82. The van der Waals surface area contributed by atoms with E-state index in [0.29, 0.717) is 5.56 Å². The van der Waals surface area contributed by atoms with E-state index in [1.807, 2.05) is 13.8 Å². The standard InChI is InChI=1S/C13H16F2N2OS/c1-7(2)11(12(16)19)13(18)17-6-8-3-4-9(14)10(15)5-8/h3-5,7,11H,6H2,1-2H3,(H2,16,19)(H,17,18). The number of rotatable bonds is 5. The van der Waals surface area contributed by atoms with Crippen LogP contribution in [-0.2, 0) is 11.3 Å². The molecule has 1 rings (SSSR count). The smallest absolute Gasteiger partial charge is 0.230 e. The number of nitrogens with two attached hydrogens (primary N) is 1. The number of benzene rings is 1. The quantitative estimate of drug-likeness (QED) is 0.815. The number of halogens is 2. The van der Waals surface area contributed by atoms with E-state index in [9.17, 15) is 13.6 Å². The van der Waals surface area contributed by atoms with Gasteiger partial charge in [-0.1, -0.05) is 32.1 Å². The molecule has 0 radical (unpaired) electrons. The molecule has 0 aliphatic carbocycles. The minimum atomic E-state index is -0.943. The van der Waals surface area contributed by atoms with Gasteiger partial charge in [-0.3, -0.25) is 4.79 Å². The zero-order valence-corrected chi connectivity index (χ0v) is 11.6. The van der Waals surface area contributed by atoms with Gasteiger partial charge in [0.15, 0.2) is 11.6 Å². The van der Waals surface area contributed by atoms with E-state index in [1.165, 1.54) is 6.07 Å². The van der Waals surface area contributed by atoms with Gasteiger partial charge >= 0.3 is 0 Å². The summed E-state index contributed by atoms with van der Waals surface area (Å²) in [6.45, 7) is 3.77. The number of amides is 1. The van der Waals surface area contributed by atoms with Gasteiger partial charge in [0, 0.05) is 6.54 Å². The van der Waals surface area contributed by atoms with Crippen LogP contribution in [0.5, 0.6) is 0 Å². The van der Waals surface area contributed by atoms with Crippen molar-refractivity contribution in [2.45, 2.75) is 20.4 Å². The van der Waals surface area contributed by atoms with Crippen molar-refractivity contribution in [3.63, 3.8) is 0 Å². The molecule has 1 unspecified atom stereocenters. The Kier molecular flexibility index (Phi) is 5.35. The second-order valence-electron chi connectivity index (χ2n) is 4.59. The third-order valence-electron chi connectivity index (χ3n) is 2.71. The Morgan fingerprint density at radius 3 is 2.47 bits per heavy atom. The zero-order valence-electron chi connectivity index (χ0n) is 10.7. The fourth-order valence-electron chi connectivity index (χ4n) is 1.71. The van der Waals surface area contributed by atoms with Crippen molar-refractivity contribution in [3.05, 3.63) is 35.4 Å². The van der Waals surface area contributed by atoms with Crippen LogP contribution in [0.1, 0.15) is 19.4 Å². The predicted octanol–water partition coefficient (Wildman–Crippen LogP) is 2.14. The SMILES string of the molecule is CC(C)C(C(=O)NCc1ccc(F)c(F)c1)C(N)=S. The molecular weight excluding hydrogens is 270 g/mol. The largest absolute Gasteiger partial charge is 0.393 e. The third-order valence-corrected chi connectivity index (χ3v) is 2.96. The van der Waals surface area contributed by atoms with E-state index in [0.717, 1.165) is 12.1 Å². The number of carbonyl (C=O) groups excluding carboxylic acids is 1. The summed E-state index contributed by atoms with van der Waals surface area (Å²) in [7, 11) is 0. The molecule has 1 aromatic rings. The summed E-state index contributed by atoms with van der Waals surface area (Å²) in [4.78, 5) is 12.0. The first-order valence-electron chi connectivity index (χ1n) is 5.84. The summed E-state index contributed by atoms with van der Waals surface area (Å²) in [5.74, 6) is -2.77. The van der Waals surface area contributed by atoms with Crippen LogP contribution in [0.4, 0.5) is 8.78 Å². The highest BCUT2D eigenvalue weighted by Crippen LogP contribution is 2.12. The highest BCUT2D eigenvalue weighted by Gasteiger charge is 2.24. The van der Waals surface area contributed by atoms with Crippen LogP contribution in [0.25, 0.3) is 0 Å². The van der Waals surface area contributed by atoms with Gasteiger partial charge in [-0.25, -0.2) is 8.78 Å².